The second kappa shape index (κ2) is 5.94. The molecular formula is C20H19ClFN3O2S. The van der Waals surface area contributed by atoms with E-state index in [1.165, 1.54) is 24.3 Å². The fourth-order valence-electron chi connectivity index (χ4n) is 4.24. The van der Waals surface area contributed by atoms with Gasteiger partial charge in [0, 0.05) is 18.2 Å². The number of aromatic nitrogens is 2. The van der Waals surface area contributed by atoms with Crippen molar-refractivity contribution in [3.63, 3.8) is 0 Å². The summed E-state index contributed by atoms with van der Waals surface area (Å²) in [6, 6.07) is 8.94. The van der Waals surface area contributed by atoms with Crippen molar-refractivity contribution in [3.8, 4) is 0 Å². The molecule has 2 aliphatic rings. The monoisotopic (exact) mass is 419 g/mol. The molecule has 8 heteroatoms. The largest absolute Gasteiger partial charge is 0.349 e. The van der Waals surface area contributed by atoms with Crippen LogP contribution in [0, 0.1) is 12.7 Å². The molecule has 2 heterocycles. The minimum absolute atomic E-state index is 0.0530. The van der Waals surface area contributed by atoms with Crippen LogP contribution in [0.15, 0.2) is 41.3 Å². The Morgan fingerprint density at radius 1 is 1.14 bits per heavy atom. The standard InChI is InChI=1S/C20H19ClFN3O2S/c1-13-3-5-15(6-4-13)28(26,27)25-17-12-14(22)11-16(21)18(17)19(23-25)24-10-2-7-20(24)8-9-20/h3-6,11-12H,2,7-10H2,1H3. The number of hydrogen-bond acceptors (Lipinski definition) is 4. The SMILES string of the molecule is Cc1ccc(S(=O)(=O)n2nc(N3CCCC34CC4)c3c(Cl)cc(F)cc32)cc1. The lowest BCUT2D eigenvalue weighted by molar-refractivity contribution is 0.581. The maximum Gasteiger partial charge on any atom is 0.283 e. The lowest BCUT2D eigenvalue weighted by atomic mass is 10.2. The lowest BCUT2D eigenvalue weighted by Gasteiger charge is -2.24. The summed E-state index contributed by atoms with van der Waals surface area (Å²) < 4.78 is 41.7. The molecule has 0 radical (unpaired) electrons. The highest BCUT2D eigenvalue weighted by atomic mass is 35.5. The van der Waals surface area contributed by atoms with E-state index in [1.807, 2.05) is 6.92 Å². The molecule has 5 nitrogen and oxygen atoms in total. The molecule has 146 valence electrons. The first-order valence-electron chi connectivity index (χ1n) is 9.30. The molecule has 1 spiro atoms. The van der Waals surface area contributed by atoms with Crippen molar-refractivity contribution < 1.29 is 12.8 Å². The van der Waals surface area contributed by atoms with E-state index < -0.39 is 15.8 Å². The Labute approximate surface area is 167 Å². The molecule has 0 atom stereocenters. The van der Waals surface area contributed by atoms with Gasteiger partial charge in [-0.1, -0.05) is 29.3 Å². The van der Waals surface area contributed by atoms with Gasteiger partial charge in [-0.3, -0.25) is 0 Å². The summed E-state index contributed by atoms with van der Waals surface area (Å²) in [7, 11) is -3.99. The quantitative estimate of drug-likeness (QED) is 0.626. The van der Waals surface area contributed by atoms with Crippen molar-refractivity contribution in [1.29, 1.82) is 0 Å². The van der Waals surface area contributed by atoms with Crippen molar-refractivity contribution in [2.75, 3.05) is 11.4 Å². The summed E-state index contributed by atoms with van der Waals surface area (Å²) in [4.78, 5) is 2.28. The first kappa shape index (κ1) is 17.9. The normalized spacial score (nSPS) is 18.3. The summed E-state index contributed by atoms with van der Waals surface area (Å²) in [5.41, 5.74) is 1.17. The highest BCUT2D eigenvalue weighted by molar-refractivity contribution is 7.90. The minimum atomic E-state index is -3.99. The van der Waals surface area contributed by atoms with Gasteiger partial charge in [0.1, 0.15) is 5.82 Å². The predicted octanol–water partition coefficient (Wildman–Crippen LogP) is 4.51. The van der Waals surface area contributed by atoms with Crippen LogP contribution >= 0.6 is 11.6 Å². The van der Waals surface area contributed by atoms with Gasteiger partial charge in [-0.2, -0.15) is 12.5 Å². The number of benzene rings is 2. The van der Waals surface area contributed by atoms with Crippen molar-refractivity contribution >= 4 is 38.3 Å². The highest BCUT2D eigenvalue weighted by Gasteiger charge is 2.52. The number of anilines is 1. The number of fused-ring (bicyclic) bond motifs is 1. The van der Waals surface area contributed by atoms with E-state index in [0.29, 0.717) is 11.2 Å². The van der Waals surface area contributed by atoms with Gasteiger partial charge in [0.05, 0.1) is 20.8 Å². The second-order valence-corrected chi connectivity index (χ2v) is 9.92. The van der Waals surface area contributed by atoms with Crippen LogP contribution in [-0.2, 0) is 10.0 Å². The van der Waals surface area contributed by atoms with Gasteiger partial charge in [0.15, 0.2) is 5.82 Å². The van der Waals surface area contributed by atoms with Gasteiger partial charge in [-0.05, 0) is 50.8 Å². The molecular weight excluding hydrogens is 401 g/mol. The summed E-state index contributed by atoms with van der Waals surface area (Å²) in [6.07, 6.45) is 4.21. The molecule has 0 N–H and O–H groups in total. The molecule has 0 amide bonds. The Morgan fingerprint density at radius 3 is 2.54 bits per heavy atom. The van der Waals surface area contributed by atoms with E-state index in [1.54, 1.807) is 12.1 Å². The zero-order valence-electron chi connectivity index (χ0n) is 15.3. The van der Waals surface area contributed by atoms with Crippen molar-refractivity contribution in [2.45, 2.75) is 43.0 Å². The summed E-state index contributed by atoms with van der Waals surface area (Å²) in [5, 5.41) is 5.15. The van der Waals surface area contributed by atoms with E-state index in [0.717, 1.165) is 41.9 Å². The number of halogens is 2. The van der Waals surface area contributed by atoms with Crippen LogP contribution in [0.5, 0.6) is 0 Å². The van der Waals surface area contributed by atoms with Crippen molar-refractivity contribution in [3.05, 3.63) is 52.8 Å². The molecule has 5 rings (SSSR count). The van der Waals surface area contributed by atoms with Crippen LogP contribution in [0.1, 0.15) is 31.2 Å². The van der Waals surface area contributed by atoms with Crippen molar-refractivity contribution in [1.82, 2.24) is 9.19 Å². The molecule has 2 aromatic carbocycles. The van der Waals surface area contributed by atoms with Gasteiger partial charge in [0.25, 0.3) is 10.0 Å². The van der Waals surface area contributed by atoms with Gasteiger partial charge < -0.3 is 4.90 Å². The number of rotatable bonds is 3. The summed E-state index contributed by atoms with van der Waals surface area (Å²) in [6.45, 7) is 2.68. The van der Waals surface area contributed by atoms with Crippen LogP contribution in [0.2, 0.25) is 5.02 Å². The Bertz CT molecular complexity index is 1200. The highest BCUT2D eigenvalue weighted by Crippen LogP contribution is 2.52. The van der Waals surface area contributed by atoms with Crippen LogP contribution in [0.25, 0.3) is 10.9 Å². The molecule has 1 saturated carbocycles. The maximum absolute atomic E-state index is 14.1. The molecule has 0 bridgehead atoms. The zero-order chi connectivity index (χ0) is 19.7. The van der Waals surface area contributed by atoms with E-state index in [2.05, 4.69) is 10.00 Å². The third-order valence-corrected chi connectivity index (χ3v) is 7.77. The fourth-order valence-corrected chi connectivity index (χ4v) is 5.79. The summed E-state index contributed by atoms with van der Waals surface area (Å²) >= 11 is 6.37. The van der Waals surface area contributed by atoms with E-state index in [-0.39, 0.29) is 21.0 Å². The summed E-state index contributed by atoms with van der Waals surface area (Å²) in [5.74, 6) is -0.0578. The Hall–Kier alpha value is -2.12. The molecule has 1 aliphatic carbocycles. The Balaban J connectivity index is 1.77. The van der Waals surface area contributed by atoms with E-state index in [9.17, 15) is 12.8 Å². The first-order chi connectivity index (χ1) is 13.3. The van der Waals surface area contributed by atoms with Gasteiger partial charge in [-0.15, -0.1) is 5.10 Å². The van der Waals surface area contributed by atoms with Crippen LogP contribution in [0.3, 0.4) is 0 Å². The molecule has 1 aliphatic heterocycles. The maximum atomic E-state index is 14.1. The molecule has 3 aromatic rings. The predicted molar refractivity (Wildman–Crippen MR) is 107 cm³/mol. The van der Waals surface area contributed by atoms with Gasteiger partial charge in [0.2, 0.25) is 0 Å². The van der Waals surface area contributed by atoms with E-state index in [4.69, 9.17) is 11.6 Å². The minimum Gasteiger partial charge on any atom is -0.349 e. The molecule has 1 aromatic heterocycles. The van der Waals surface area contributed by atoms with Crippen LogP contribution in [-0.4, -0.2) is 29.7 Å². The first-order valence-corrected chi connectivity index (χ1v) is 11.1. The van der Waals surface area contributed by atoms with Crippen LogP contribution in [0.4, 0.5) is 10.2 Å². The third kappa shape index (κ3) is 2.56. The Morgan fingerprint density at radius 2 is 1.86 bits per heavy atom. The zero-order valence-corrected chi connectivity index (χ0v) is 16.9. The van der Waals surface area contributed by atoms with E-state index >= 15 is 0 Å². The third-order valence-electron chi connectivity index (χ3n) is 5.88. The fraction of sp³-hybridized carbons (Fsp3) is 0.350. The Kier molecular flexibility index (Phi) is 3.81. The number of nitrogens with zero attached hydrogens (tertiary/aromatic N) is 3. The molecule has 0 unspecified atom stereocenters. The number of aryl methyl sites for hydroxylation is 1. The second-order valence-electron chi connectivity index (χ2n) is 7.75. The number of hydrogen-bond donors (Lipinski definition) is 0. The van der Waals surface area contributed by atoms with Crippen LogP contribution < -0.4 is 4.90 Å². The van der Waals surface area contributed by atoms with Gasteiger partial charge in [-0.25, -0.2) is 4.39 Å². The smallest absolute Gasteiger partial charge is 0.283 e. The average Bonchev–Trinajstić information content (AvgIpc) is 3.12. The molecule has 28 heavy (non-hydrogen) atoms. The van der Waals surface area contributed by atoms with Crippen molar-refractivity contribution in [2.24, 2.45) is 0 Å². The van der Waals surface area contributed by atoms with Gasteiger partial charge >= 0.3 is 0 Å². The topological polar surface area (TPSA) is 55.2 Å². The lowest BCUT2D eigenvalue weighted by Crippen LogP contribution is -2.31. The molecule has 2 fully saturated rings. The average molecular weight is 420 g/mol. The molecule has 1 saturated heterocycles.